The quantitative estimate of drug-likeness (QED) is 0.759. The average Bonchev–Trinajstić information content (AvgIpc) is 2.34. The Morgan fingerprint density at radius 1 is 0.947 bits per heavy atom. The summed E-state index contributed by atoms with van der Waals surface area (Å²) in [5.41, 5.74) is 4.76. The van der Waals surface area contributed by atoms with Gasteiger partial charge in [0.2, 0.25) is 0 Å². The van der Waals surface area contributed by atoms with Gasteiger partial charge in [0.05, 0.1) is 11.4 Å². The summed E-state index contributed by atoms with van der Waals surface area (Å²) in [5, 5.41) is 0. The van der Waals surface area contributed by atoms with E-state index in [-0.39, 0.29) is 5.78 Å². The molecule has 0 amide bonds. The molecule has 0 bridgehead atoms. The third kappa shape index (κ3) is 2.99. The highest BCUT2D eigenvalue weighted by Gasteiger charge is 2.13. The van der Waals surface area contributed by atoms with E-state index in [1.54, 1.807) is 12.2 Å². The van der Waals surface area contributed by atoms with Crippen LogP contribution in [0.5, 0.6) is 0 Å². The second-order valence-electron chi connectivity index (χ2n) is 4.93. The molecule has 1 aliphatic rings. The monoisotopic (exact) mass is 254 g/mol. The largest absolute Gasteiger partial charge is 0.378 e. The molecule has 3 heteroatoms. The average molecular weight is 254 g/mol. The maximum Gasteiger partial charge on any atom is 0.179 e. The topological polar surface area (TPSA) is 32.7 Å². The molecule has 0 N–H and O–H groups in total. The SMILES string of the molecule is CC1=CC(=O)C=C(C)C1=Nc1ccc(N(C)C)cc1. The summed E-state index contributed by atoms with van der Waals surface area (Å²) in [7, 11) is 4.01. The molecule has 0 aliphatic heterocycles. The number of allylic oxidation sites excluding steroid dienone is 4. The zero-order chi connectivity index (χ0) is 14.0. The molecule has 0 unspecified atom stereocenters. The maximum absolute atomic E-state index is 11.4. The van der Waals surface area contributed by atoms with Crippen molar-refractivity contribution < 1.29 is 4.79 Å². The van der Waals surface area contributed by atoms with Crippen LogP contribution in [0.1, 0.15) is 13.8 Å². The van der Waals surface area contributed by atoms with Gasteiger partial charge in [-0.25, -0.2) is 4.99 Å². The van der Waals surface area contributed by atoms with E-state index in [1.807, 2.05) is 57.1 Å². The summed E-state index contributed by atoms with van der Waals surface area (Å²) in [6.45, 7) is 3.84. The van der Waals surface area contributed by atoms with Crippen molar-refractivity contribution in [3.63, 3.8) is 0 Å². The minimum absolute atomic E-state index is 0.0388. The molecule has 0 radical (unpaired) electrons. The molecule has 0 aromatic heterocycles. The fourth-order valence-electron chi connectivity index (χ4n) is 2.05. The molecule has 2 rings (SSSR count). The minimum atomic E-state index is 0.0388. The molecule has 1 aromatic rings. The van der Waals surface area contributed by atoms with E-state index in [1.165, 1.54) is 0 Å². The first kappa shape index (κ1) is 13.3. The van der Waals surface area contributed by atoms with Gasteiger partial charge in [-0.2, -0.15) is 0 Å². The van der Waals surface area contributed by atoms with Crippen LogP contribution in [0.15, 0.2) is 52.6 Å². The van der Waals surface area contributed by atoms with Crippen molar-refractivity contribution >= 4 is 22.9 Å². The Bertz CT molecular complexity index is 566. The second kappa shape index (κ2) is 5.22. The first-order valence-electron chi connectivity index (χ1n) is 6.25. The van der Waals surface area contributed by atoms with Gasteiger partial charge in [-0.05, 0) is 61.4 Å². The van der Waals surface area contributed by atoms with Crippen LogP contribution in [0.2, 0.25) is 0 Å². The molecular weight excluding hydrogens is 236 g/mol. The van der Waals surface area contributed by atoms with Gasteiger partial charge < -0.3 is 4.90 Å². The van der Waals surface area contributed by atoms with Gasteiger partial charge in [-0.1, -0.05) is 0 Å². The normalized spacial score (nSPS) is 14.9. The summed E-state index contributed by atoms with van der Waals surface area (Å²) < 4.78 is 0. The summed E-state index contributed by atoms with van der Waals surface area (Å²) in [4.78, 5) is 18.1. The van der Waals surface area contributed by atoms with Gasteiger partial charge in [0.25, 0.3) is 0 Å². The van der Waals surface area contributed by atoms with Crippen LogP contribution in [0.3, 0.4) is 0 Å². The van der Waals surface area contributed by atoms with Crippen LogP contribution in [-0.4, -0.2) is 25.6 Å². The van der Waals surface area contributed by atoms with Gasteiger partial charge in [0.1, 0.15) is 0 Å². The maximum atomic E-state index is 11.4. The van der Waals surface area contributed by atoms with Crippen molar-refractivity contribution in [2.45, 2.75) is 13.8 Å². The highest BCUT2D eigenvalue weighted by atomic mass is 16.1. The fraction of sp³-hybridized carbons (Fsp3) is 0.250. The lowest BCUT2D eigenvalue weighted by Gasteiger charge is -2.13. The van der Waals surface area contributed by atoms with Crippen molar-refractivity contribution in [2.75, 3.05) is 19.0 Å². The van der Waals surface area contributed by atoms with Crippen molar-refractivity contribution in [2.24, 2.45) is 4.99 Å². The van der Waals surface area contributed by atoms with E-state index in [4.69, 9.17) is 0 Å². The van der Waals surface area contributed by atoms with E-state index in [0.29, 0.717) is 0 Å². The van der Waals surface area contributed by atoms with Crippen LogP contribution in [-0.2, 0) is 4.79 Å². The van der Waals surface area contributed by atoms with Crippen LogP contribution in [0.25, 0.3) is 0 Å². The van der Waals surface area contributed by atoms with Crippen molar-refractivity contribution in [3.05, 3.63) is 47.6 Å². The number of benzene rings is 1. The number of ketones is 1. The van der Waals surface area contributed by atoms with E-state index in [9.17, 15) is 4.79 Å². The first-order valence-corrected chi connectivity index (χ1v) is 6.25. The molecule has 1 aliphatic carbocycles. The van der Waals surface area contributed by atoms with E-state index in [0.717, 1.165) is 28.2 Å². The lowest BCUT2D eigenvalue weighted by molar-refractivity contribution is -0.110. The number of nitrogens with zero attached hydrogens (tertiary/aromatic N) is 2. The molecule has 0 spiro atoms. The number of rotatable bonds is 2. The number of hydrogen-bond donors (Lipinski definition) is 0. The van der Waals surface area contributed by atoms with E-state index >= 15 is 0 Å². The Morgan fingerprint density at radius 3 is 1.95 bits per heavy atom. The Kier molecular flexibility index (Phi) is 3.65. The van der Waals surface area contributed by atoms with Crippen molar-refractivity contribution in [3.8, 4) is 0 Å². The standard InChI is InChI=1S/C16H18N2O/c1-11-9-15(19)10-12(2)16(11)17-13-5-7-14(8-6-13)18(3)4/h5-10H,1-4H3. The Labute approximate surface area is 114 Å². The number of carbonyl (C=O) groups excluding carboxylic acids is 1. The number of carbonyl (C=O) groups is 1. The zero-order valence-corrected chi connectivity index (χ0v) is 11.8. The van der Waals surface area contributed by atoms with Crippen LogP contribution >= 0.6 is 0 Å². The smallest absolute Gasteiger partial charge is 0.179 e. The lowest BCUT2D eigenvalue weighted by Crippen LogP contribution is -2.10. The molecule has 19 heavy (non-hydrogen) atoms. The molecule has 0 saturated heterocycles. The zero-order valence-electron chi connectivity index (χ0n) is 11.8. The first-order chi connectivity index (χ1) is 8.97. The molecule has 0 fully saturated rings. The highest BCUT2D eigenvalue weighted by molar-refractivity contribution is 6.22. The highest BCUT2D eigenvalue weighted by Crippen LogP contribution is 2.22. The number of anilines is 1. The summed E-state index contributed by atoms with van der Waals surface area (Å²) >= 11 is 0. The van der Waals surface area contributed by atoms with Gasteiger partial charge in [-0.3, -0.25) is 4.79 Å². The van der Waals surface area contributed by atoms with Gasteiger partial charge in [0.15, 0.2) is 5.78 Å². The molecule has 0 heterocycles. The minimum Gasteiger partial charge on any atom is -0.378 e. The Hall–Kier alpha value is -2.16. The molecule has 1 aromatic carbocycles. The molecule has 0 saturated carbocycles. The van der Waals surface area contributed by atoms with Crippen LogP contribution in [0.4, 0.5) is 11.4 Å². The third-order valence-electron chi connectivity index (χ3n) is 3.07. The van der Waals surface area contributed by atoms with Gasteiger partial charge >= 0.3 is 0 Å². The summed E-state index contributed by atoms with van der Waals surface area (Å²) in [6.07, 6.45) is 3.25. The Balaban J connectivity index is 2.33. The van der Waals surface area contributed by atoms with E-state index < -0.39 is 0 Å². The second-order valence-corrected chi connectivity index (χ2v) is 4.93. The molecular formula is C16H18N2O. The molecule has 98 valence electrons. The summed E-state index contributed by atoms with van der Waals surface area (Å²) in [5.74, 6) is 0.0388. The molecule has 3 nitrogen and oxygen atoms in total. The predicted octanol–water partition coefficient (Wildman–Crippen LogP) is 3.30. The van der Waals surface area contributed by atoms with Crippen molar-refractivity contribution in [1.82, 2.24) is 0 Å². The van der Waals surface area contributed by atoms with Crippen LogP contribution in [0, 0.1) is 0 Å². The Morgan fingerprint density at radius 2 is 1.47 bits per heavy atom. The fourth-order valence-corrected chi connectivity index (χ4v) is 2.05. The van der Waals surface area contributed by atoms with Crippen molar-refractivity contribution in [1.29, 1.82) is 0 Å². The van der Waals surface area contributed by atoms with E-state index in [2.05, 4.69) is 4.99 Å². The summed E-state index contributed by atoms with van der Waals surface area (Å²) in [6, 6.07) is 8.04. The lowest BCUT2D eigenvalue weighted by atomic mass is 9.97. The van der Waals surface area contributed by atoms with Gasteiger partial charge in [0, 0.05) is 19.8 Å². The molecule has 0 atom stereocenters. The number of hydrogen-bond acceptors (Lipinski definition) is 3. The predicted molar refractivity (Wildman–Crippen MR) is 80.4 cm³/mol. The number of aliphatic imine (C=N–C) groups is 1. The van der Waals surface area contributed by atoms with Crippen LogP contribution < -0.4 is 4.90 Å². The van der Waals surface area contributed by atoms with Gasteiger partial charge in [-0.15, -0.1) is 0 Å². The third-order valence-corrected chi connectivity index (χ3v) is 3.07.